The van der Waals surface area contributed by atoms with E-state index in [-0.39, 0.29) is 22.6 Å². The molecule has 1 amide bonds. The SMILES string of the molecule is O=C(/C=C/c1ccc(-n2ccnc2)c([N+](=O)O)c1)NC1CCc2ccccc21. The number of nitrogens with one attached hydrogen (secondary N) is 1. The van der Waals surface area contributed by atoms with E-state index >= 15 is 0 Å². The molecular weight excluding hydrogens is 356 g/mol. The monoisotopic (exact) mass is 375 g/mol. The van der Waals surface area contributed by atoms with Gasteiger partial charge in [0.2, 0.25) is 5.91 Å². The van der Waals surface area contributed by atoms with Gasteiger partial charge in [-0.2, -0.15) is 0 Å². The Bertz CT molecular complexity index is 1060. The zero-order chi connectivity index (χ0) is 19.5. The Morgan fingerprint density at radius 3 is 2.93 bits per heavy atom. The second-order valence-electron chi connectivity index (χ2n) is 6.62. The average molecular weight is 375 g/mol. The summed E-state index contributed by atoms with van der Waals surface area (Å²) in [5, 5.41) is 12.4. The molecule has 0 saturated carbocycles. The van der Waals surface area contributed by atoms with Gasteiger partial charge in [-0.1, -0.05) is 30.3 Å². The summed E-state index contributed by atoms with van der Waals surface area (Å²) < 4.78 is 1.62. The van der Waals surface area contributed by atoms with E-state index in [9.17, 15) is 14.9 Å². The highest BCUT2D eigenvalue weighted by atomic mass is 16.6. The van der Waals surface area contributed by atoms with Gasteiger partial charge in [-0.15, -0.1) is 0 Å². The van der Waals surface area contributed by atoms with Crippen LogP contribution in [0.25, 0.3) is 11.8 Å². The van der Waals surface area contributed by atoms with E-state index in [1.54, 1.807) is 35.2 Å². The van der Waals surface area contributed by atoms with Crippen molar-refractivity contribution in [3.05, 3.63) is 88.9 Å². The predicted molar refractivity (Wildman–Crippen MR) is 103 cm³/mol. The lowest BCUT2D eigenvalue weighted by molar-refractivity contribution is -0.729. The lowest BCUT2D eigenvalue weighted by Gasteiger charge is -2.12. The van der Waals surface area contributed by atoms with E-state index < -0.39 is 0 Å². The van der Waals surface area contributed by atoms with Crippen molar-refractivity contribution in [3.8, 4) is 5.69 Å². The molecule has 1 unspecified atom stereocenters. The maximum absolute atomic E-state index is 12.3. The third kappa shape index (κ3) is 3.55. The van der Waals surface area contributed by atoms with Crippen LogP contribution in [0.4, 0.5) is 5.69 Å². The molecule has 7 nitrogen and oxygen atoms in total. The molecule has 3 aromatic rings. The minimum Gasteiger partial charge on any atom is -0.346 e. The van der Waals surface area contributed by atoms with Crippen LogP contribution in [-0.2, 0) is 11.2 Å². The molecule has 140 valence electrons. The summed E-state index contributed by atoms with van der Waals surface area (Å²) in [5.41, 5.74) is 3.61. The van der Waals surface area contributed by atoms with Crippen molar-refractivity contribution in [2.24, 2.45) is 0 Å². The molecule has 28 heavy (non-hydrogen) atoms. The topological polar surface area (TPSA) is 87.2 Å². The minimum atomic E-state index is -0.204. The van der Waals surface area contributed by atoms with Crippen LogP contribution in [0.1, 0.15) is 29.2 Å². The highest BCUT2D eigenvalue weighted by Gasteiger charge is 2.23. The summed E-state index contributed by atoms with van der Waals surface area (Å²) in [7, 11) is 0. The number of amides is 1. The van der Waals surface area contributed by atoms with Gasteiger partial charge in [-0.3, -0.25) is 4.79 Å². The number of imidazole rings is 1. The number of hydrogen-bond donors (Lipinski definition) is 2. The maximum atomic E-state index is 12.3. The van der Waals surface area contributed by atoms with Gasteiger partial charge in [-0.25, -0.2) is 10.2 Å². The third-order valence-corrected chi connectivity index (χ3v) is 4.86. The zero-order valence-corrected chi connectivity index (χ0v) is 15.0. The van der Waals surface area contributed by atoms with Crippen LogP contribution in [0.15, 0.2) is 67.3 Å². The van der Waals surface area contributed by atoms with Gasteiger partial charge in [0, 0.05) is 24.5 Å². The lowest BCUT2D eigenvalue weighted by Crippen LogP contribution is -2.25. The summed E-state index contributed by atoms with van der Waals surface area (Å²) in [6.07, 6.45) is 9.67. The predicted octanol–water partition coefficient (Wildman–Crippen LogP) is 3.49. The zero-order valence-electron chi connectivity index (χ0n) is 15.0. The first-order valence-corrected chi connectivity index (χ1v) is 8.97. The van der Waals surface area contributed by atoms with Gasteiger partial charge in [0.15, 0.2) is 0 Å². The molecule has 2 N–H and O–H groups in total. The highest BCUT2D eigenvalue weighted by Crippen LogP contribution is 2.30. The molecule has 1 heterocycles. The smallest absolute Gasteiger partial charge is 0.340 e. The van der Waals surface area contributed by atoms with Gasteiger partial charge in [-0.05, 0) is 41.7 Å². The van der Waals surface area contributed by atoms with Gasteiger partial charge in [0.1, 0.15) is 5.69 Å². The summed E-state index contributed by atoms with van der Waals surface area (Å²) in [5.74, 6) is -0.204. The van der Waals surface area contributed by atoms with Crippen molar-refractivity contribution >= 4 is 17.7 Å². The number of hydrogen-bond acceptors (Lipinski definition) is 3. The summed E-state index contributed by atoms with van der Waals surface area (Å²) in [6, 6.07) is 13.1. The van der Waals surface area contributed by atoms with Crippen LogP contribution in [-0.4, -0.2) is 25.6 Å². The molecule has 1 atom stereocenters. The fraction of sp³-hybridized carbons (Fsp3) is 0.143. The van der Waals surface area contributed by atoms with E-state index in [4.69, 9.17) is 0 Å². The van der Waals surface area contributed by atoms with Crippen molar-refractivity contribution in [1.29, 1.82) is 0 Å². The Morgan fingerprint density at radius 2 is 2.14 bits per heavy atom. The molecule has 2 aromatic carbocycles. The summed E-state index contributed by atoms with van der Waals surface area (Å²) in [6.45, 7) is 0. The third-order valence-electron chi connectivity index (χ3n) is 4.86. The van der Waals surface area contributed by atoms with Crippen LogP contribution < -0.4 is 5.32 Å². The van der Waals surface area contributed by atoms with E-state index in [2.05, 4.69) is 16.4 Å². The maximum Gasteiger partial charge on any atom is 0.340 e. The Morgan fingerprint density at radius 1 is 1.29 bits per heavy atom. The first kappa shape index (κ1) is 17.7. The van der Waals surface area contributed by atoms with Crippen molar-refractivity contribution < 1.29 is 14.9 Å². The second-order valence-corrected chi connectivity index (χ2v) is 6.62. The number of aryl methyl sites for hydroxylation is 1. The first-order chi connectivity index (χ1) is 13.6. The van der Waals surface area contributed by atoms with E-state index in [0.29, 0.717) is 11.3 Å². The van der Waals surface area contributed by atoms with Crippen LogP contribution in [0.3, 0.4) is 0 Å². The summed E-state index contributed by atoms with van der Waals surface area (Å²) in [4.78, 5) is 27.6. The van der Waals surface area contributed by atoms with Crippen molar-refractivity contribution in [3.63, 3.8) is 0 Å². The van der Waals surface area contributed by atoms with Gasteiger partial charge in [0.25, 0.3) is 4.92 Å². The molecule has 0 aliphatic heterocycles. The number of benzene rings is 2. The normalized spacial score (nSPS) is 15.5. The number of nitrogens with zero attached hydrogens (tertiary/aromatic N) is 3. The summed E-state index contributed by atoms with van der Waals surface area (Å²) >= 11 is 0. The first-order valence-electron chi connectivity index (χ1n) is 8.97. The molecule has 4 rings (SSSR count). The number of rotatable bonds is 5. The molecule has 1 aromatic heterocycles. The van der Waals surface area contributed by atoms with Crippen LogP contribution in [0.2, 0.25) is 0 Å². The fourth-order valence-corrected chi connectivity index (χ4v) is 3.52. The number of carbonyl (C=O) groups is 1. The van der Waals surface area contributed by atoms with E-state index in [1.165, 1.54) is 29.6 Å². The average Bonchev–Trinajstić information content (AvgIpc) is 3.37. The van der Waals surface area contributed by atoms with E-state index in [1.807, 2.05) is 18.2 Å². The standard InChI is InChI=1S/C21H18N4O3/c26-21(23-18-8-7-16-3-1-2-4-17(16)18)10-6-15-5-9-19(20(13-15)25(27)28)24-12-11-22-14-24/h1-6,9-14,18H,7-8H2,(H-,23,26,27,28)/p+1/b10-6+. The Kier molecular flexibility index (Phi) is 4.72. The minimum absolute atomic E-state index is 0.0158. The van der Waals surface area contributed by atoms with Crippen LogP contribution >= 0.6 is 0 Å². The molecule has 0 radical (unpaired) electrons. The van der Waals surface area contributed by atoms with Gasteiger partial charge >= 0.3 is 5.69 Å². The van der Waals surface area contributed by atoms with Crippen LogP contribution in [0.5, 0.6) is 0 Å². The van der Waals surface area contributed by atoms with Crippen molar-refractivity contribution in [2.45, 2.75) is 18.9 Å². The lowest BCUT2D eigenvalue weighted by atomic mass is 10.1. The van der Waals surface area contributed by atoms with Gasteiger partial charge in [0.05, 0.1) is 17.3 Å². The molecule has 0 saturated heterocycles. The van der Waals surface area contributed by atoms with Crippen molar-refractivity contribution in [2.75, 3.05) is 0 Å². The number of carbonyl (C=O) groups excluding carboxylic acids is 1. The van der Waals surface area contributed by atoms with E-state index in [0.717, 1.165) is 12.8 Å². The number of aromatic nitrogens is 2. The largest absolute Gasteiger partial charge is 0.346 e. The Labute approximate surface area is 161 Å². The van der Waals surface area contributed by atoms with Crippen LogP contribution in [0, 0.1) is 4.91 Å². The van der Waals surface area contributed by atoms with Gasteiger partial charge < -0.3 is 9.88 Å². The molecule has 1 aliphatic rings. The molecule has 0 bridgehead atoms. The van der Waals surface area contributed by atoms with Crippen molar-refractivity contribution in [1.82, 2.24) is 14.9 Å². The quantitative estimate of drug-likeness (QED) is 0.528. The Balaban J connectivity index is 1.49. The second kappa shape index (κ2) is 7.48. The number of fused-ring (bicyclic) bond motifs is 1. The molecule has 7 heteroatoms. The molecule has 0 fully saturated rings. The molecule has 0 spiro atoms. The highest BCUT2D eigenvalue weighted by molar-refractivity contribution is 5.92. The Hall–Kier alpha value is -3.74. The molecule has 1 aliphatic carbocycles. The fourth-order valence-electron chi connectivity index (χ4n) is 3.52. The molecular formula is C21H19N4O3+.